The van der Waals surface area contributed by atoms with E-state index in [4.69, 9.17) is 4.43 Å². The van der Waals surface area contributed by atoms with Gasteiger partial charge in [-0.15, -0.1) is 0 Å². The van der Waals surface area contributed by atoms with Crippen LogP contribution in [0.2, 0.25) is 19.6 Å². The van der Waals surface area contributed by atoms with Crippen LogP contribution >= 0.6 is 0 Å². The van der Waals surface area contributed by atoms with E-state index in [1.54, 1.807) is 0 Å². The molecule has 0 atom stereocenters. The van der Waals surface area contributed by atoms with Gasteiger partial charge in [-0.25, -0.2) is 4.57 Å². The van der Waals surface area contributed by atoms with Crippen LogP contribution in [0.3, 0.4) is 0 Å². The molecule has 0 aliphatic rings. The van der Waals surface area contributed by atoms with Crippen molar-refractivity contribution < 1.29 is 8.99 Å². The van der Waals surface area contributed by atoms with Crippen LogP contribution in [0.4, 0.5) is 0 Å². The Morgan fingerprint density at radius 3 is 2.40 bits per heavy atom. The monoisotopic (exact) mass is 294 g/mol. The first-order chi connectivity index (χ1) is 9.53. The smallest absolute Gasteiger partial charge is 0.205 e. The van der Waals surface area contributed by atoms with Crippen molar-refractivity contribution in [2.24, 2.45) is 0 Å². The fourth-order valence-corrected chi connectivity index (χ4v) is 2.79. The summed E-state index contributed by atoms with van der Waals surface area (Å²) in [6, 6.07) is 6.42. The van der Waals surface area contributed by atoms with E-state index in [1.165, 1.54) is 44.2 Å². The highest BCUT2D eigenvalue weighted by molar-refractivity contribution is 6.69. The van der Waals surface area contributed by atoms with Gasteiger partial charge < -0.3 is 4.43 Å². The minimum atomic E-state index is -1.43. The van der Waals surface area contributed by atoms with Gasteiger partial charge in [0.1, 0.15) is 13.2 Å². The van der Waals surface area contributed by atoms with E-state index in [9.17, 15) is 0 Å². The quantitative estimate of drug-likeness (QED) is 0.347. The lowest BCUT2D eigenvalue weighted by atomic mass is 10.1. The Morgan fingerprint density at radius 1 is 1.00 bits per heavy atom. The number of pyridine rings is 1. The highest BCUT2D eigenvalue weighted by Gasteiger charge is 2.17. The molecule has 0 saturated heterocycles. The zero-order chi connectivity index (χ0) is 14.8. The molecule has 1 heterocycles. The van der Waals surface area contributed by atoms with Crippen LogP contribution in [0.5, 0.6) is 0 Å². The summed E-state index contributed by atoms with van der Waals surface area (Å²) in [5.41, 5.74) is 1.31. The molecule has 3 heteroatoms. The number of unbranched alkanes of at least 4 members (excludes halogenated alkanes) is 5. The number of aryl methyl sites for hydroxylation is 1. The Hall–Kier alpha value is -0.673. The third kappa shape index (κ3) is 7.80. The normalized spacial score (nSPS) is 11.8. The van der Waals surface area contributed by atoms with Gasteiger partial charge in [0.05, 0.1) is 0 Å². The van der Waals surface area contributed by atoms with Gasteiger partial charge in [-0.2, -0.15) is 0 Å². The van der Waals surface area contributed by atoms with Crippen LogP contribution in [-0.4, -0.2) is 8.32 Å². The van der Waals surface area contributed by atoms with Crippen LogP contribution in [0.1, 0.15) is 51.1 Å². The summed E-state index contributed by atoms with van der Waals surface area (Å²) in [6.07, 6.45) is 10.3. The second-order valence-electron chi connectivity index (χ2n) is 6.55. The molecule has 0 N–H and O–H groups in total. The van der Waals surface area contributed by atoms with Crippen molar-refractivity contribution in [2.75, 3.05) is 0 Å². The van der Waals surface area contributed by atoms with Crippen molar-refractivity contribution in [2.45, 2.75) is 78.2 Å². The lowest BCUT2D eigenvalue weighted by Crippen LogP contribution is -2.39. The van der Waals surface area contributed by atoms with Gasteiger partial charge in [0.25, 0.3) is 0 Å². The first-order valence-electron chi connectivity index (χ1n) is 8.14. The summed E-state index contributed by atoms with van der Waals surface area (Å²) in [4.78, 5) is 0. The van der Waals surface area contributed by atoms with Gasteiger partial charge in [0, 0.05) is 18.6 Å². The number of hydrogen-bond acceptors (Lipinski definition) is 1. The maximum Gasteiger partial charge on any atom is 0.205 e. The van der Waals surface area contributed by atoms with Crippen LogP contribution in [-0.2, 0) is 17.6 Å². The fraction of sp³-hybridized carbons (Fsp3) is 0.706. The summed E-state index contributed by atoms with van der Waals surface area (Å²) < 4.78 is 8.39. The molecule has 0 fully saturated rings. The minimum absolute atomic E-state index is 0.756. The van der Waals surface area contributed by atoms with E-state index in [1.807, 2.05) is 0 Å². The van der Waals surface area contributed by atoms with Crippen molar-refractivity contribution in [3.05, 3.63) is 30.1 Å². The molecule has 0 unspecified atom stereocenters. The van der Waals surface area contributed by atoms with E-state index in [2.05, 4.69) is 55.5 Å². The van der Waals surface area contributed by atoms with Crippen molar-refractivity contribution in [1.29, 1.82) is 0 Å². The number of rotatable bonds is 10. The zero-order valence-electron chi connectivity index (χ0n) is 13.8. The highest BCUT2D eigenvalue weighted by Crippen LogP contribution is 2.08. The molecule has 0 amide bonds. The van der Waals surface area contributed by atoms with Crippen molar-refractivity contribution in [3.8, 4) is 0 Å². The van der Waals surface area contributed by atoms with E-state index in [0.29, 0.717) is 0 Å². The second-order valence-corrected chi connectivity index (χ2v) is 11.1. The van der Waals surface area contributed by atoms with Crippen molar-refractivity contribution in [3.63, 3.8) is 0 Å². The number of hydrogen-bond donors (Lipinski definition) is 0. The summed E-state index contributed by atoms with van der Waals surface area (Å²) >= 11 is 0. The number of aromatic nitrogens is 1. The van der Waals surface area contributed by atoms with Gasteiger partial charge in [0.2, 0.25) is 5.69 Å². The van der Waals surface area contributed by atoms with Gasteiger partial charge in [-0.3, -0.25) is 0 Å². The predicted molar refractivity (Wildman–Crippen MR) is 88.1 cm³/mol. The molecule has 0 bridgehead atoms. The van der Waals surface area contributed by atoms with E-state index >= 15 is 0 Å². The van der Waals surface area contributed by atoms with E-state index in [0.717, 1.165) is 13.2 Å². The lowest BCUT2D eigenvalue weighted by Gasteiger charge is -2.16. The Balaban J connectivity index is 2.37. The van der Waals surface area contributed by atoms with Gasteiger partial charge in [-0.1, -0.05) is 38.7 Å². The summed E-state index contributed by atoms with van der Waals surface area (Å²) in [5.74, 6) is 0. The molecule has 0 radical (unpaired) electrons. The molecule has 0 spiro atoms. The SMILES string of the molecule is CCCCCCCC[n+]1ccccc1CO[Si](C)(C)C. The fourth-order valence-electron chi connectivity index (χ4n) is 2.21. The topological polar surface area (TPSA) is 13.1 Å². The van der Waals surface area contributed by atoms with Crippen molar-refractivity contribution >= 4 is 8.32 Å². The maximum absolute atomic E-state index is 6.03. The average molecular weight is 295 g/mol. The van der Waals surface area contributed by atoms with E-state index < -0.39 is 8.32 Å². The molecule has 0 aliphatic heterocycles. The van der Waals surface area contributed by atoms with Gasteiger partial charge in [0.15, 0.2) is 14.5 Å². The summed E-state index contributed by atoms with van der Waals surface area (Å²) in [6.45, 7) is 10.9. The molecule has 1 aromatic heterocycles. The zero-order valence-corrected chi connectivity index (χ0v) is 14.8. The third-order valence-electron chi connectivity index (χ3n) is 3.44. The Bertz CT molecular complexity index is 373. The van der Waals surface area contributed by atoms with Crippen LogP contribution < -0.4 is 4.57 Å². The molecule has 20 heavy (non-hydrogen) atoms. The molecular weight excluding hydrogens is 262 g/mol. The Morgan fingerprint density at radius 2 is 1.70 bits per heavy atom. The lowest BCUT2D eigenvalue weighted by molar-refractivity contribution is -0.706. The van der Waals surface area contributed by atoms with Gasteiger partial charge >= 0.3 is 0 Å². The van der Waals surface area contributed by atoms with Crippen LogP contribution in [0.25, 0.3) is 0 Å². The summed E-state index contributed by atoms with van der Waals surface area (Å²) in [5, 5.41) is 0. The largest absolute Gasteiger partial charge is 0.407 e. The molecule has 0 aliphatic carbocycles. The van der Waals surface area contributed by atoms with Crippen LogP contribution in [0, 0.1) is 0 Å². The molecule has 0 aromatic carbocycles. The molecule has 1 aromatic rings. The van der Waals surface area contributed by atoms with Crippen molar-refractivity contribution in [1.82, 2.24) is 0 Å². The third-order valence-corrected chi connectivity index (χ3v) is 4.45. The highest BCUT2D eigenvalue weighted by atomic mass is 28.4. The summed E-state index contributed by atoms with van der Waals surface area (Å²) in [7, 11) is -1.43. The predicted octanol–water partition coefficient (Wildman–Crippen LogP) is 4.69. The minimum Gasteiger partial charge on any atom is -0.407 e. The Kier molecular flexibility index (Phi) is 8.08. The first kappa shape index (κ1) is 17.4. The first-order valence-corrected chi connectivity index (χ1v) is 11.5. The molecular formula is C17H32NOSi+. The molecule has 114 valence electrons. The molecule has 2 nitrogen and oxygen atoms in total. The van der Waals surface area contributed by atoms with Crippen LogP contribution in [0.15, 0.2) is 24.4 Å². The Labute approximate surface area is 126 Å². The maximum atomic E-state index is 6.03. The second kappa shape index (κ2) is 9.30. The molecule has 1 rings (SSSR count). The number of nitrogens with zero attached hydrogens (tertiary/aromatic N) is 1. The van der Waals surface area contributed by atoms with Gasteiger partial charge in [-0.05, 0) is 26.1 Å². The standard InChI is InChI=1S/C17H32NOSi/c1-5-6-7-8-9-11-14-18-15-12-10-13-17(18)16-19-20(2,3)4/h10,12-13,15H,5-9,11,14,16H2,1-4H3/q+1. The van der Waals surface area contributed by atoms with E-state index in [-0.39, 0.29) is 0 Å². The average Bonchev–Trinajstić information content (AvgIpc) is 2.40. The molecule has 0 saturated carbocycles.